The molecule has 0 spiro atoms. The summed E-state index contributed by atoms with van der Waals surface area (Å²) in [5.41, 5.74) is 0. The molecule has 0 aromatic carbocycles. The lowest BCUT2D eigenvalue weighted by Crippen LogP contribution is -2.00. The highest BCUT2D eigenvalue weighted by Crippen LogP contribution is 2.43. The van der Waals surface area contributed by atoms with Crippen LogP contribution in [0.3, 0.4) is 0 Å². The molecule has 0 aliphatic rings. The van der Waals surface area contributed by atoms with Crippen molar-refractivity contribution >= 4 is 13.8 Å². The number of carboxylic acid groups (broad SMARTS) is 1. The zero-order chi connectivity index (χ0) is 25.9. The summed E-state index contributed by atoms with van der Waals surface area (Å²) in [6.45, 7) is 2.75. The fourth-order valence-corrected chi connectivity index (χ4v) is 4.71. The first kappa shape index (κ1) is 34.5. The second kappa shape index (κ2) is 26.6. The third-order valence-corrected chi connectivity index (χ3v) is 7.07. The Morgan fingerprint density at radius 3 is 1.40 bits per heavy atom. The van der Waals surface area contributed by atoms with Gasteiger partial charge in [0.15, 0.2) is 0 Å². The van der Waals surface area contributed by atoms with E-state index in [0.717, 1.165) is 51.4 Å². The van der Waals surface area contributed by atoms with Crippen molar-refractivity contribution in [1.82, 2.24) is 0 Å². The van der Waals surface area contributed by atoms with Crippen LogP contribution in [0.5, 0.6) is 0 Å². The van der Waals surface area contributed by atoms with Gasteiger partial charge in [-0.1, -0.05) is 129 Å². The fraction of sp³-hybridized carbons (Fsp3) is 0.963. The maximum Gasteiger partial charge on any atom is 0.499 e. The van der Waals surface area contributed by atoms with Crippen molar-refractivity contribution in [2.75, 3.05) is 13.2 Å². The zero-order valence-electron chi connectivity index (χ0n) is 22.6. The first-order valence-electron chi connectivity index (χ1n) is 14.5. The van der Waals surface area contributed by atoms with Crippen LogP contribution < -0.4 is 0 Å². The summed E-state index contributed by atoms with van der Waals surface area (Å²) >= 11 is 0. The maximum atomic E-state index is 11.8. The largest absolute Gasteiger partial charge is 0.499 e. The van der Waals surface area contributed by atoms with Crippen molar-refractivity contribution in [3.05, 3.63) is 0 Å². The van der Waals surface area contributed by atoms with Crippen LogP contribution >= 0.6 is 7.82 Å². The molecule has 210 valence electrons. The Morgan fingerprint density at radius 1 is 0.600 bits per heavy atom. The van der Waals surface area contributed by atoms with Crippen LogP contribution in [0.25, 0.3) is 0 Å². The Kier molecular flexibility index (Phi) is 26.2. The van der Waals surface area contributed by atoms with Gasteiger partial charge in [-0.25, -0.2) is 9.45 Å². The van der Waals surface area contributed by atoms with Gasteiger partial charge in [0.2, 0.25) is 0 Å². The minimum absolute atomic E-state index is 0.210. The van der Waals surface area contributed by atoms with E-state index in [1.54, 1.807) is 0 Å². The van der Waals surface area contributed by atoms with Crippen molar-refractivity contribution < 1.29 is 33.4 Å². The van der Waals surface area contributed by atoms with Crippen LogP contribution in [0, 0.1) is 0 Å². The summed E-state index contributed by atoms with van der Waals surface area (Å²) in [7, 11) is -4.11. The summed E-state index contributed by atoms with van der Waals surface area (Å²) in [5, 5.41) is 8.59. The van der Waals surface area contributed by atoms with Gasteiger partial charge < -0.3 is 10.00 Å². The van der Waals surface area contributed by atoms with E-state index < -0.39 is 13.8 Å². The third-order valence-electron chi connectivity index (χ3n) is 6.27. The molecular weight excluding hydrogens is 467 g/mol. The Balaban J connectivity index is 3.29. The molecule has 0 bridgehead atoms. The SMILES string of the molecule is CCCCCCCCCCCOOP(=O)(O)OCCCCCCCCCCCCCCCC(=O)O. The van der Waals surface area contributed by atoms with Crippen LogP contribution in [-0.2, 0) is 23.4 Å². The average Bonchev–Trinajstić information content (AvgIpc) is 2.82. The second-order valence-corrected chi connectivity index (χ2v) is 11.1. The van der Waals surface area contributed by atoms with Gasteiger partial charge in [0.05, 0.1) is 13.2 Å². The molecule has 8 heteroatoms. The average molecular weight is 523 g/mol. The van der Waals surface area contributed by atoms with E-state index in [4.69, 9.17) is 14.5 Å². The Morgan fingerprint density at radius 2 is 0.971 bits per heavy atom. The minimum Gasteiger partial charge on any atom is -0.481 e. The molecule has 7 nitrogen and oxygen atoms in total. The Labute approximate surface area is 215 Å². The monoisotopic (exact) mass is 522 g/mol. The summed E-state index contributed by atoms with van der Waals surface area (Å²) < 4.78 is 21.4. The lowest BCUT2D eigenvalue weighted by molar-refractivity contribution is -0.225. The second-order valence-electron chi connectivity index (χ2n) is 9.77. The van der Waals surface area contributed by atoms with Gasteiger partial charge in [-0.05, 0) is 19.3 Å². The molecule has 0 saturated heterocycles. The number of phosphoric acid groups is 1. The highest BCUT2D eigenvalue weighted by atomic mass is 31.2. The number of carbonyl (C=O) groups is 1. The van der Waals surface area contributed by atoms with E-state index in [1.165, 1.54) is 89.9 Å². The molecule has 0 aromatic heterocycles. The number of hydrogen-bond donors (Lipinski definition) is 2. The van der Waals surface area contributed by atoms with Crippen LogP contribution in [0.2, 0.25) is 0 Å². The molecule has 0 aliphatic carbocycles. The Hall–Kier alpha value is -0.460. The van der Waals surface area contributed by atoms with Crippen LogP contribution in [-0.4, -0.2) is 29.2 Å². The van der Waals surface area contributed by atoms with Crippen molar-refractivity contribution in [2.24, 2.45) is 0 Å². The van der Waals surface area contributed by atoms with E-state index in [1.807, 2.05) is 0 Å². The number of aliphatic carboxylic acids is 1. The predicted octanol–water partition coefficient (Wildman–Crippen LogP) is 9.13. The quantitative estimate of drug-likeness (QED) is 0.0437. The maximum absolute atomic E-state index is 11.8. The van der Waals surface area contributed by atoms with Gasteiger partial charge in [0.25, 0.3) is 0 Å². The summed E-state index contributed by atoms with van der Waals surface area (Å²) in [4.78, 5) is 25.0. The van der Waals surface area contributed by atoms with Crippen molar-refractivity contribution in [3.8, 4) is 0 Å². The lowest BCUT2D eigenvalue weighted by Gasteiger charge is -2.11. The fourth-order valence-electron chi connectivity index (χ4n) is 4.10. The number of carboxylic acids is 1. The van der Waals surface area contributed by atoms with Crippen molar-refractivity contribution in [3.63, 3.8) is 0 Å². The summed E-state index contributed by atoms with van der Waals surface area (Å²) in [5.74, 6) is -0.690. The van der Waals surface area contributed by atoms with E-state index in [0.29, 0.717) is 13.0 Å². The van der Waals surface area contributed by atoms with E-state index in [2.05, 4.69) is 11.6 Å². The van der Waals surface area contributed by atoms with Crippen LogP contribution in [0.1, 0.15) is 155 Å². The molecule has 0 aliphatic heterocycles. The molecule has 0 fully saturated rings. The minimum atomic E-state index is -4.11. The van der Waals surface area contributed by atoms with Gasteiger partial charge in [-0.2, -0.15) is 0 Å². The highest BCUT2D eigenvalue weighted by Gasteiger charge is 2.22. The van der Waals surface area contributed by atoms with Gasteiger partial charge in [-0.3, -0.25) is 9.32 Å². The molecular formula is C27H55O7P. The normalized spacial score (nSPS) is 13.2. The summed E-state index contributed by atoms with van der Waals surface area (Å²) in [6, 6.07) is 0. The van der Waals surface area contributed by atoms with Crippen molar-refractivity contribution in [2.45, 2.75) is 155 Å². The topological polar surface area (TPSA) is 102 Å². The number of phosphoric ester groups is 1. The van der Waals surface area contributed by atoms with Crippen LogP contribution in [0.4, 0.5) is 0 Å². The molecule has 0 radical (unpaired) electrons. The predicted molar refractivity (Wildman–Crippen MR) is 142 cm³/mol. The molecule has 1 atom stereocenters. The van der Waals surface area contributed by atoms with Crippen molar-refractivity contribution in [1.29, 1.82) is 0 Å². The van der Waals surface area contributed by atoms with Gasteiger partial charge >= 0.3 is 13.8 Å². The smallest absolute Gasteiger partial charge is 0.481 e. The van der Waals surface area contributed by atoms with Gasteiger partial charge in [0, 0.05) is 6.42 Å². The number of unbranched alkanes of at least 4 members (excludes halogenated alkanes) is 20. The molecule has 1 unspecified atom stereocenters. The molecule has 2 N–H and O–H groups in total. The first-order valence-corrected chi connectivity index (χ1v) is 16.0. The summed E-state index contributed by atoms with van der Waals surface area (Å²) in [6.07, 6.45) is 25.6. The van der Waals surface area contributed by atoms with E-state index in [9.17, 15) is 14.3 Å². The molecule has 0 aromatic rings. The molecule has 0 amide bonds. The Bertz CT molecular complexity index is 502. The van der Waals surface area contributed by atoms with E-state index in [-0.39, 0.29) is 6.61 Å². The molecule has 0 heterocycles. The molecule has 35 heavy (non-hydrogen) atoms. The zero-order valence-corrected chi connectivity index (χ0v) is 23.5. The van der Waals surface area contributed by atoms with Crippen LogP contribution in [0.15, 0.2) is 0 Å². The third kappa shape index (κ3) is 29.7. The number of hydrogen-bond acceptors (Lipinski definition) is 5. The lowest BCUT2D eigenvalue weighted by atomic mass is 10.0. The first-order chi connectivity index (χ1) is 17.0. The van der Waals surface area contributed by atoms with Gasteiger partial charge in [0.1, 0.15) is 0 Å². The standard InChI is InChI=1S/C27H55O7P/c1-2-3-4-5-6-13-16-19-22-25-32-34-35(30,31)33-26-23-20-17-14-11-9-7-8-10-12-15-18-21-24-27(28)29/h2-26H2,1H3,(H,28,29)(H,30,31). The molecule has 0 saturated carbocycles. The highest BCUT2D eigenvalue weighted by molar-refractivity contribution is 7.47. The van der Waals surface area contributed by atoms with E-state index >= 15 is 0 Å². The molecule has 0 rings (SSSR count). The van der Waals surface area contributed by atoms with Gasteiger partial charge in [-0.15, -0.1) is 4.67 Å². The number of rotatable bonds is 29.